The first kappa shape index (κ1) is 24.5. The van der Waals surface area contributed by atoms with Gasteiger partial charge in [-0.15, -0.1) is 0 Å². The van der Waals surface area contributed by atoms with Crippen LogP contribution in [0.3, 0.4) is 0 Å². The topological polar surface area (TPSA) is 0 Å². The molecular formula is C42H26S. The summed E-state index contributed by atoms with van der Waals surface area (Å²) in [7, 11) is 0. The Bertz CT molecular complexity index is 2310. The van der Waals surface area contributed by atoms with Gasteiger partial charge in [-0.2, -0.15) is 0 Å². The molecule has 1 heteroatoms. The maximum Gasteiger partial charge on any atom is 0.0207 e. The zero-order valence-corrected chi connectivity index (χ0v) is 24.2. The van der Waals surface area contributed by atoms with Crippen molar-refractivity contribution in [1.82, 2.24) is 0 Å². The molecule has 0 saturated heterocycles. The standard InChI is InChI=1S/C42H26S/c1-2-13-27(14-3-1)40-34-18-6-8-20-36(34)41(37-21-9-7-19-35(37)40)31-17-5-4-15-28(31)29-25-26-39-42-32(29)22-12-23-33(42)30-16-10-11-24-38(30)43-39/h1-26H. The summed E-state index contributed by atoms with van der Waals surface area (Å²) in [6.45, 7) is 0. The fourth-order valence-corrected chi connectivity index (χ4v) is 8.22. The van der Waals surface area contributed by atoms with Crippen molar-refractivity contribution in [3.05, 3.63) is 158 Å². The van der Waals surface area contributed by atoms with Crippen LogP contribution in [0, 0.1) is 0 Å². The summed E-state index contributed by atoms with van der Waals surface area (Å²) < 4.78 is 0. The molecule has 8 aromatic carbocycles. The summed E-state index contributed by atoms with van der Waals surface area (Å²) in [4.78, 5) is 2.65. The Morgan fingerprint density at radius 1 is 0.279 bits per heavy atom. The lowest BCUT2D eigenvalue weighted by Gasteiger charge is -2.23. The maximum atomic E-state index is 2.34. The molecule has 0 nitrogen and oxygen atoms in total. The van der Waals surface area contributed by atoms with Crippen molar-refractivity contribution in [3.8, 4) is 44.5 Å². The Labute approximate surface area is 255 Å². The molecule has 0 radical (unpaired) electrons. The predicted molar refractivity (Wildman–Crippen MR) is 185 cm³/mol. The average Bonchev–Trinajstić information content (AvgIpc) is 3.08. The minimum Gasteiger partial charge on any atom is -0.0888 e. The molecular weight excluding hydrogens is 537 g/mol. The molecule has 0 N–H and O–H groups in total. The second-order valence-electron chi connectivity index (χ2n) is 11.2. The lowest BCUT2D eigenvalue weighted by Crippen LogP contribution is -1.95. The maximum absolute atomic E-state index is 2.34. The van der Waals surface area contributed by atoms with Gasteiger partial charge in [0.05, 0.1) is 0 Å². The number of fused-ring (bicyclic) bond motifs is 4. The van der Waals surface area contributed by atoms with E-state index in [-0.39, 0.29) is 0 Å². The summed E-state index contributed by atoms with van der Waals surface area (Å²) in [6, 6.07) is 57.9. The Balaban J connectivity index is 1.37. The van der Waals surface area contributed by atoms with Gasteiger partial charge in [-0.05, 0) is 83.6 Å². The van der Waals surface area contributed by atoms with Crippen LogP contribution in [-0.4, -0.2) is 0 Å². The molecule has 0 atom stereocenters. The van der Waals surface area contributed by atoms with E-state index in [2.05, 4.69) is 158 Å². The van der Waals surface area contributed by atoms with Gasteiger partial charge in [0.25, 0.3) is 0 Å². The first-order valence-electron chi connectivity index (χ1n) is 14.8. The van der Waals surface area contributed by atoms with E-state index >= 15 is 0 Å². The van der Waals surface area contributed by atoms with Crippen LogP contribution in [0.25, 0.3) is 76.8 Å². The van der Waals surface area contributed by atoms with Gasteiger partial charge in [0.2, 0.25) is 0 Å². The van der Waals surface area contributed by atoms with Crippen molar-refractivity contribution < 1.29 is 0 Å². The number of benzene rings is 8. The lowest BCUT2D eigenvalue weighted by molar-refractivity contribution is 1.40. The van der Waals surface area contributed by atoms with Crippen molar-refractivity contribution in [2.24, 2.45) is 0 Å². The van der Waals surface area contributed by atoms with Crippen molar-refractivity contribution in [2.45, 2.75) is 9.79 Å². The molecule has 0 saturated carbocycles. The smallest absolute Gasteiger partial charge is 0.0207 e. The molecule has 0 amide bonds. The van der Waals surface area contributed by atoms with Gasteiger partial charge < -0.3 is 0 Å². The number of rotatable bonds is 3. The molecule has 0 bridgehead atoms. The average molecular weight is 563 g/mol. The lowest BCUT2D eigenvalue weighted by atomic mass is 9.83. The highest BCUT2D eigenvalue weighted by Gasteiger charge is 2.23. The van der Waals surface area contributed by atoms with Gasteiger partial charge in [0.15, 0.2) is 0 Å². The Morgan fingerprint density at radius 3 is 1.53 bits per heavy atom. The third-order valence-corrected chi connectivity index (χ3v) is 10.0. The first-order valence-corrected chi connectivity index (χ1v) is 15.6. The second kappa shape index (κ2) is 9.73. The summed E-state index contributed by atoms with van der Waals surface area (Å²) >= 11 is 1.88. The van der Waals surface area contributed by atoms with E-state index in [1.807, 2.05) is 11.8 Å². The highest BCUT2D eigenvalue weighted by Crippen LogP contribution is 2.51. The summed E-state index contributed by atoms with van der Waals surface area (Å²) in [5, 5.41) is 7.77. The van der Waals surface area contributed by atoms with Gasteiger partial charge in [0, 0.05) is 15.2 Å². The molecule has 9 rings (SSSR count). The van der Waals surface area contributed by atoms with Gasteiger partial charge in [-0.1, -0.05) is 157 Å². The van der Waals surface area contributed by atoms with Crippen LogP contribution in [-0.2, 0) is 0 Å². The Kier molecular flexibility index (Phi) is 5.54. The predicted octanol–water partition coefficient (Wildman–Crippen LogP) is 12.3. The van der Waals surface area contributed by atoms with Crippen LogP contribution >= 0.6 is 11.8 Å². The molecule has 0 aliphatic carbocycles. The Morgan fingerprint density at radius 2 is 0.814 bits per heavy atom. The van der Waals surface area contributed by atoms with Crippen LogP contribution in [0.4, 0.5) is 0 Å². The van der Waals surface area contributed by atoms with Crippen LogP contribution in [0.5, 0.6) is 0 Å². The Hall–Kier alpha value is -5.11. The zero-order chi connectivity index (χ0) is 28.3. The van der Waals surface area contributed by atoms with Crippen molar-refractivity contribution >= 4 is 44.1 Å². The van der Waals surface area contributed by atoms with Crippen molar-refractivity contribution in [3.63, 3.8) is 0 Å². The zero-order valence-electron chi connectivity index (χ0n) is 23.4. The molecule has 200 valence electrons. The van der Waals surface area contributed by atoms with Crippen LogP contribution in [0.2, 0.25) is 0 Å². The molecule has 1 heterocycles. The summed E-state index contributed by atoms with van der Waals surface area (Å²) in [5.74, 6) is 0. The summed E-state index contributed by atoms with van der Waals surface area (Å²) in [5.41, 5.74) is 10.3. The fraction of sp³-hybridized carbons (Fsp3) is 0. The molecule has 8 aromatic rings. The minimum absolute atomic E-state index is 1.25. The van der Waals surface area contributed by atoms with Gasteiger partial charge in [-0.3, -0.25) is 0 Å². The highest BCUT2D eigenvalue weighted by molar-refractivity contribution is 7.99. The van der Waals surface area contributed by atoms with Crippen LogP contribution in [0.1, 0.15) is 0 Å². The quantitative estimate of drug-likeness (QED) is 0.193. The largest absolute Gasteiger partial charge is 0.0888 e. The van der Waals surface area contributed by atoms with Crippen molar-refractivity contribution in [2.75, 3.05) is 0 Å². The van der Waals surface area contributed by atoms with Gasteiger partial charge in [-0.25, -0.2) is 0 Å². The van der Waals surface area contributed by atoms with Gasteiger partial charge in [0.1, 0.15) is 0 Å². The van der Waals surface area contributed by atoms with E-state index in [0.29, 0.717) is 0 Å². The van der Waals surface area contributed by atoms with E-state index in [4.69, 9.17) is 0 Å². The number of hydrogen-bond donors (Lipinski definition) is 0. The van der Waals surface area contributed by atoms with E-state index in [0.717, 1.165) is 0 Å². The van der Waals surface area contributed by atoms with E-state index < -0.39 is 0 Å². The fourth-order valence-electron chi connectivity index (χ4n) is 7.09. The third kappa shape index (κ3) is 3.72. The van der Waals surface area contributed by atoms with Gasteiger partial charge >= 0.3 is 0 Å². The van der Waals surface area contributed by atoms with Crippen molar-refractivity contribution in [1.29, 1.82) is 0 Å². The number of hydrogen-bond acceptors (Lipinski definition) is 1. The highest BCUT2D eigenvalue weighted by atomic mass is 32.2. The molecule has 43 heavy (non-hydrogen) atoms. The second-order valence-corrected chi connectivity index (χ2v) is 12.3. The molecule has 0 unspecified atom stereocenters. The SMILES string of the molecule is c1ccc(-c2c3ccccc3c(-c3ccccc3-c3ccc4c5c(cccc35)-c3ccccc3S4)c3ccccc23)cc1. The van der Waals surface area contributed by atoms with Crippen LogP contribution in [0.15, 0.2) is 168 Å². The van der Waals surface area contributed by atoms with E-state index in [1.165, 1.54) is 86.6 Å². The van der Waals surface area contributed by atoms with E-state index in [9.17, 15) is 0 Å². The molecule has 0 fully saturated rings. The molecule has 1 aliphatic heterocycles. The van der Waals surface area contributed by atoms with Crippen LogP contribution < -0.4 is 0 Å². The minimum atomic E-state index is 1.25. The summed E-state index contributed by atoms with van der Waals surface area (Å²) in [6.07, 6.45) is 0. The third-order valence-electron chi connectivity index (χ3n) is 8.88. The van der Waals surface area contributed by atoms with E-state index in [1.54, 1.807) is 0 Å². The monoisotopic (exact) mass is 562 g/mol. The first-order chi connectivity index (χ1) is 21.4. The molecule has 1 aliphatic rings. The molecule has 0 spiro atoms. The normalized spacial score (nSPS) is 12.1. The molecule has 0 aromatic heterocycles.